The van der Waals surface area contributed by atoms with Crippen LogP contribution < -0.4 is 5.73 Å². The average Bonchev–Trinajstić information content (AvgIpc) is 2.78. The second-order valence-electron chi connectivity index (χ2n) is 3.37. The normalized spacial score (nSPS) is 11.0. The lowest BCUT2D eigenvalue weighted by molar-refractivity contribution is 0.767. The first-order valence-electron chi connectivity index (χ1n) is 4.80. The van der Waals surface area contributed by atoms with Gasteiger partial charge in [0.2, 0.25) is 0 Å². The Labute approximate surface area is 111 Å². The van der Waals surface area contributed by atoms with E-state index in [1.54, 1.807) is 0 Å². The van der Waals surface area contributed by atoms with E-state index < -0.39 is 0 Å². The zero-order valence-electron chi connectivity index (χ0n) is 8.70. The molecule has 2 heterocycles. The van der Waals surface area contributed by atoms with Gasteiger partial charge in [0.1, 0.15) is 16.1 Å². The quantitative estimate of drug-likeness (QED) is 0.944. The first kappa shape index (κ1) is 12.1. The number of imidazole rings is 1. The highest BCUT2D eigenvalue weighted by Gasteiger charge is 2.14. The van der Waals surface area contributed by atoms with Crippen LogP contribution in [-0.4, -0.2) is 16.1 Å². The fourth-order valence-electron chi connectivity index (χ4n) is 1.47. The molecule has 2 aromatic rings. The summed E-state index contributed by atoms with van der Waals surface area (Å²) in [4.78, 5) is 5.64. The minimum absolute atomic E-state index is 0.599. The van der Waals surface area contributed by atoms with E-state index in [0.717, 1.165) is 31.8 Å². The largest absolute Gasteiger partial charge is 0.330 e. The number of hydrogen-bond acceptors (Lipinski definition) is 3. The number of aromatic nitrogens is 2. The summed E-state index contributed by atoms with van der Waals surface area (Å²) < 4.78 is 3.75. The predicted molar refractivity (Wildman–Crippen MR) is 72.0 cm³/mol. The topological polar surface area (TPSA) is 43.8 Å². The van der Waals surface area contributed by atoms with E-state index in [4.69, 9.17) is 17.3 Å². The van der Waals surface area contributed by atoms with Gasteiger partial charge in [-0.15, -0.1) is 11.3 Å². The van der Waals surface area contributed by atoms with Crippen molar-refractivity contribution in [2.45, 2.75) is 6.42 Å². The summed E-state index contributed by atoms with van der Waals surface area (Å²) in [7, 11) is 1.97. The highest BCUT2D eigenvalue weighted by molar-refractivity contribution is 9.10. The molecule has 0 spiro atoms. The molecule has 3 nitrogen and oxygen atoms in total. The Bertz CT molecular complexity index is 506. The molecule has 2 aromatic heterocycles. The van der Waals surface area contributed by atoms with E-state index in [9.17, 15) is 0 Å². The van der Waals surface area contributed by atoms with Crippen molar-refractivity contribution in [2.75, 3.05) is 6.54 Å². The highest BCUT2D eigenvalue weighted by Crippen LogP contribution is 2.35. The molecule has 2 rings (SSSR count). The van der Waals surface area contributed by atoms with Crippen molar-refractivity contribution in [1.82, 2.24) is 9.55 Å². The summed E-state index contributed by atoms with van der Waals surface area (Å²) in [5.74, 6) is 0.980. The minimum Gasteiger partial charge on any atom is -0.330 e. The first-order chi connectivity index (χ1) is 7.63. The standard InChI is InChI=1S/C10H11BrClN3S/c1-15-8(4-5-13)14-9(10(15)11)6-2-3-7(12)16-6/h2-3H,4-5,13H2,1H3. The Morgan fingerprint density at radius 3 is 2.88 bits per heavy atom. The van der Waals surface area contributed by atoms with E-state index in [0.29, 0.717) is 6.54 Å². The lowest BCUT2D eigenvalue weighted by Crippen LogP contribution is -2.07. The van der Waals surface area contributed by atoms with Gasteiger partial charge in [0.15, 0.2) is 0 Å². The van der Waals surface area contributed by atoms with Gasteiger partial charge in [-0.2, -0.15) is 0 Å². The maximum atomic E-state index is 5.92. The smallest absolute Gasteiger partial charge is 0.113 e. The lowest BCUT2D eigenvalue weighted by atomic mass is 10.4. The summed E-state index contributed by atoms with van der Waals surface area (Å²) in [5.41, 5.74) is 6.48. The van der Waals surface area contributed by atoms with Gasteiger partial charge in [0.25, 0.3) is 0 Å². The van der Waals surface area contributed by atoms with Crippen molar-refractivity contribution >= 4 is 38.9 Å². The van der Waals surface area contributed by atoms with Crippen LogP contribution >= 0.6 is 38.9 Å². The van der Waals surface area contributed by atoms with Gasteiger partial charge >= 0.3 is 0 Å². The maximum Gasteiger partial charge on any atom is 0.113 e. The van der Waals surface area contributed by atoms with E-state index in [2.05, 4.69) is 20.9 Å². The maximum absolute atomic E-state index is 5.92. The Balaban J connectivity index is 2.45. The van der Waals surface area contributed by atoms with Crippen LogP contribution in [-0.2, 0) is 13.5 Å². The molecular formula is C10H11BrClN3S. The molecule has 0 saturated heterocycles. The molecule has 0 fully saturated rings. The van der Waals surface area contributed by atoms with E-state index >= 15 is 0 Å². The van der Waals surface area contributed by atoms with Crippen LogP contribution in [0.15, 0.2) is 16.7 Å². The van der Waals surface area contributed by atoms with E-state index in [-0.39, 0.29) is 0 Å². The lowest BCUT2D eigenvalue weighted by Gasteiger charge is -1.98. The number of halogens is 2. The molecule has 86 valence electrons. The van der Waals surface area contributed by atoms with Gasteiger partial charge in [0, 0.05) is 13.5 Å². The number of rotatable bonds is 3. The predicted octanol–water partition coefficient (Wildman–Crippen LogP) is 3.07. The van der Waals surface area contributed by atoms with Crippen LogP contribution in [0.5, 0.6) is 0 Å². The van der Waals surface area contributed by atoms with Gasteiger partial charge in [-0.3, -0.25) is 0 Å². The molecule has 0 aromatic carbocycles. The average molecular weight is 321 g/mol. The van der Waals surface area contributed by atoms with Crippen LogP contribution in [0.3, 0.4) is 0 Å². The molecule has 0 bridgehead atoms. The monoisotopic (exact) mass is 319 g/mol. The Morgan fingerprint density at radius 2 is 2.31 bits per heavy atom. The van der Waals surface area contributed by atoms with Gasteiger partial charge in [0.05, 0.1) is 9.21 Å². The summed E-state index contributed by atoms with van der Waals surface area (Å²) in [5, 5.41) is 0. The molecule has 2 N–H and O–H groups in total. The molecule has 0 aliphatic rings. The van der Waals surface area contributed by atoms with Crippen LogP contribution in [0.4, 0.5) is 0 Å². The molecule has 0 unspecified atom stereocenters. The van der Waals surface area contributed by atoms with Crippen LogP contribution in [0, 0.1) is 0 Å². The summed E-state index contributed by atoms with van der Waals surface area (Å²) in [6.45, 7) is 0.599. The molecule has 6 heteroatoms. The minimum atomic E-state index is 0.599. The fraction of sp³-hybridized carbons (Fsp3) is 0.300. The number of nitrogens with two attached hydrogens (primary N) is 1. The van der Waals surface area contributed by atoms with Crippen molar-refractivity contribution in [3.8, 4) is 10.6 Å². The zero-order chi connectivity index (χ0) is 11.7. The highest BCUT2D eigenvalue weighted by atomic mass is 79.9. The number of hydrogen-bond donors (Lipinski definition) is 1. The van der Waals surface area contributed by atoms with Crippen LogP contribution in [0.25, 0.3) is 10.6 Å². The summed E-state index contributed by atoms with van der Waals surface area (Å²) in [6.07, 6.45) is 0.772. The molecule has 0 aliphatic carbocycles. The Hall–Kier alpha value is -0.360. The van der Waals surface area contributed by atoms with E-state index in [1.807, 2.05) is 23.7 Å². The van der Waals surface area contributed by atoms with Gasteiger partial charge < -0.3 is 10.3 Å². The SMILES string of the molecule is Cn1c(CCN)nc(-c2ccc(Cl)s2)c1Br. The second-order valence-corrected chi connectivity index (χ2v) is 5.84. The summed E-state index contributed by atoms with van der Waals surface area (Å²) >= 11 is 11.0. The third-order valence-corrected chi connectivity index (χ3v) is 4.44. The number of nitrogens with zero attached hydrogens (tertiary/aromatic N) is 2. The molecule has 0 aliphatic heterocycles. The van der Waals surface area contributed by atoms with Crippen molar-refractivity contribution in [2.24, 2.45) is 12.8 Å². The summed E-state index contributed by atoms with van der Waals surface area (Å²) in [6, 6.07) is 3.86. The molecule has 16 heavy (non-hydrogen) atoms. The van der Waals surface area contributed by atoms with Crippen LogP contribution in [0.2, 0.25) is 4.34 Å². The molecule has 0 atom stereocenters. The fourth-order valence-corrected chi connectivity index (χ4v) is 3.15. The second kappa shape index (κ2) is 4.87. The van der Waals surface area contributed by atoms with E-state index in [1.165, 1.54) is 11.3 Å². The van der Waals surface area contributed by atoms with Crippen molar-refractivity contribution in [1.29, 1.82) is 0 Å². The molecule has 0 saturated carbocycles. The number of thiophene rings is 1. The van der Waals surface area contributed by atoms with Crippen molar-refractivity contribution in [3.63, 3.8) is 0 Å². The van der Waals surface area contributed by atoms with Crippen LogP contribution in [0.1, 0.15) is 5.82 Å². The van der Waals surface area contributed by atoms with Crippen molar-refractivity contribution < 1.29 is 0 Å². The van der Waals surface area contributed by atoms with Crippen molar-refractivity contribution in [3.05, 3.63) is 26.9 Å². The molecular weight excluding hydrogens is 310 g/mol. The third-order valence-electron chi connectivity index (χ3n) is 2.29. The van der Waals surface area contributed by atoms with Gasteiger partial charge in [-0.05, 0) is 34.6 Å². The third kappa shape index (κ3) is 2.18. The zero-order valence-corrected chi connectivity index (χ0v) is 11.9. The Morgan fingerprint density at radius 1 is 1.56 bits per heavy atom. The molecule has 0 radical (unpaired) electrons. The first-order valence-corrected chi connectivity index (χ1v) is 6.79. The Kier molecular flexibility index (Phi) is 3.69. The molecule has 0 amide bonds. The van der Waals surface area contributed by atoms with Gasteiger partial charge in [-0.1, -0.05) is 11.6 Å². The van der Waals surface area contributed by atoms with Gasteiger partial charge in [-0.25, -0.2) is 4.98 Å².